The van der Waals surface area contributed by atoms with Crippen LogP contribution in [-0.4, -0.2) is 41.1 Å². The minimum atomic E-state index is 0.460. The molecule has 0 spiro atoms. The van der Waals surface area contributed by atoms with Gasteiger partial charge in [-0.3, -0.25) is 0 Å². The summed E-state index contributed by atoms with van der Waals surface area (Å²) in [5.74, 6) is 0. The first kappa shape index (κ1) is 13.2. The van der Waals surface area contributed by atoms with Gasteiger partial charge in [-0.1, -0.05) is 13.8 Å². The molecule has 4 nitrogen and oxygen atoms in total. The lowest BCUT2D eigenvalue weighted by atomic mass is 10.3. The fraction of sp³-hybridized carbons (Fsp3) is 0.750. The fourth-order valence-electron chi connectivity index (χ4n) is 1.79. The van der Waals surface area contributed by atoms with Crippen LogP contribution in [0.4, 0.5) is 0 Å². The third kappa shape index (κ3) is 3.94. The summed E-state index contributed by atoms with van der Waals surface area (Å²) in [5.41, 5.74) is 1.25. The summed E-state index contributed by atoms with van der Waals surface area (Å²) in [6, 6.07) is 0.967. The van der Waals surface area contributed by atoms with E-state index in [1.807, 2.05) is 12.5 Å². The topological polar surface area (TPSA) is 33.1 Å². The second kappa shape index (κ2) is 6.01. The highest BCUT2D eigenvalue weighted by atomic mass is 15.2. The number of hydrogen-bond donors (Lipinski definition) is 1. The zero-order chi connectivity index (χ0) is 12.1. The minimum Gasteiger partial charge on any atom is -0.329 e. The third-order valence-electron chi connectivity index (χ3n) is 2.54. The molecular formula is C12H24N4. The Morgan fingerprint density at radius 1 is 1.38 bits per heavy atom. The molecule has 92 valence electrons. The Labute approximate surface area is 98.7 Å². The van der Waals surface area contributed by atoms with E-state index in [1.54, 1.807) is 0 Å². The molecule has 1 rings (SSSR count). The van der Waals surface area contributed by atoms with Crippen LogP contribution in [0, 0.1) is 0 Å². The molecule has 1 N–H and O–H groups in total. The summed E-state index contributed by atoms with van der Waals surface area (Å²) in [6.45, 7) is 8.45. The van der Waals surface area contributed by atoms with Crippen molar-refractivity contribution in [2.75, 3.05) is 20.6 Å². The predicted octanol–water partition coefficient (Wildman–Crippen LogP) is 1.50. The molecule has 1 aromatic rings. The van der Waals surface area contributed by atoms with Gasteiger partial charge in [-0.15, -0.1) is 0 Å². The van der Waals surface area contributed by atoms with Gasteiger partial charge in [0.2, 0.25) is 0 Å². The highest BCUT2D eigenvalue weighted by molar-refractivity contribution is 5.00. The van der Waals surface area contributed by atoms with Gasteiger partial charge in [0.15, 0.2) is 0 Å². The minimum absolute atomic E-state index is 0.460. The highest BCUT2D eigenvalue weighted by Crippen LogP contribution is 2.10. The molecule has 0 amide bonds. The van der Waals surface area contributed by atoms with Gasteiger partial charge in [-0.05, 0) is 21.0 Å². The zero-order valence-electron chi connectivity index (χ0n) is 11.1. The van der Waals surface area contributed by atoms with Crippen molar-refractivity contribution in [3.05, 3.63) is 18.2 Å². The van der Waals surface area contributed by atoms with Crippen molar-refractivity contribution in [3.63, 3.8) is 0 Å². The van der Waals surface area contributed by atoms with E-state index in [4.69, 9.17) is 0 Å². The number of nitrogens with one attached hydrogen (secondary N) is 1. The molecule has 1 atom stereocenters. The molecule has 0 bridgehead atoms. The van der Waals surface area contributed by atoms with Crippen molar-refractivity contribution in [3.8, 4) is 0 Å². The van der Waals surface area contributed by atoms with Crippen molar-refractivity contribution in [1.82, 2.24) is 19.8 Å². The SMILES string of the molecule is CC(C)NCc1cncn1C(C)CN(C)C. The number of aromatic nitrogens is 2. The third-order valence-corrected chi connectivity index (χ3v) is 2.54. The fourth-order valence-corrected chi connectivity index (χ4v) is 1.79. The molecule has 4 heteroatoms. The number of nitrogens with zero attached hydrogens (tertiary/aromatic N) is 3. The number of rotatable bonds is 6. The van der Waals surface area contributed by atoms with Crippen molar-refractivity contribution in [2.24, 2.45) is 0 Å². The molecule has 0 saturated heterocycles. The molecule has 0 aliphatic heterocycles. The Morgan fingerprint density at radius 3 is 2.62 bits per heavy atom. The molecule has 0 saturated carbocycles. The van der Waals surface area contributed by atoms with Gasteiger partial charge < -0.3 is 14.8 Å². The van der Waals surface area contributed by atoms with E-state index in [1.165, 1.54) is 5.69 Å². The van der Waals surface area contributed by atoms with Crippen molar-refractivity contribution >= 4 is 0 Å². The molecule has 1 aromatic heterocycles. The first-order chi connectivity index (χ1) is 7.50. The summed E-state index contributed by atoms with van der Waals surface area (Å²) >= 11 is 0. The van der Waals surface area contributed by atoms with E-state index in [9.17, 15) is 0 Å². The van der Waals surface area contributed by atoms with E-state index >= 15 is 0 Å². The summed E-state index contributed by atoms with van der Waals surface area (Å²) in [7, 11) is 4.19. The van der Waals surface area contributed by atoms with Crippen molar-refractivity contribution in [2.45, 2.75) is 39.4 Å². The second-order valence-corrected chi connectivity index (χ2v) is 4.94. The molecule has 0 radical (unpaired) electrons. The summed E-state index contributed by atoms with van der Waals surface area (Å²) in [5, 5.41) is 3.42. The van der Waals surface area contributed by atoms with Crippen LogP contribution in [0.25, 0.3) is 0 Å². The maximum atomic E-state index is 4.23. The average Bonchev–Trinajstić information content (AvgIpc) is 2.61. The molecule has 1 unspecified atom stereocenters. The summed E-state index contributed by atoms with van der Waals surface area (Å²) in [6.07, 6.45) is 3.87. The Kier molecular flexibility index (Phi) is 4.96. The van der Waals surface area contributed by atoms with Crippen LogP contribution < -0.4 is 5.32 Å². The quantitative estimate of drug-likeness (QED) is 0.795. The first-order valence-electron chi connectivity index (χ1n) is 5.89. The largest absolute Gasteiger partial charge is 0.329 e. The Bertz CT molecular complexity index is 304. The standard InChI is InChI=1S/C12H24N4/c1-10(2)14-7-12-6-13-9-16(12)11(3)8-15(4)5/h6,9-11,14H,7-8H2,1-5H3. The van der Waals surface area contributed by atoms with Crippen molar-refractivity contribution in [1.29, 1.82) is 0 Å². The molecule has 16 heavy (non-hydrogen) atoms. The van der Waals surface area contributed by atoms with Gasteiger partial charge in [0.25, 0.3) is 0 Å². The monoisotopic (exact) mass is 224 g/mol. The molecule has 1 heterocycles. The molecule has 0 aliphatic carbocycles. The lowest BCUT2D eigenvalue weighted by molar-refractivity contribution is 0.331. The van der Waals surface area contributed by atoms with E-state index in [0.29, 0.717) is 12.1 Å². The van der Waals surface area contributed by atoms with Crippen LogP contribution in [0.1, 0.15) is 32.5 Å². The highest BCUT2D eigenvalue weighted by Gasteiger charge is 2.10. The smallest absolute Gasteiger partial charge is 0.0951 e. The first-order valence-corrected chi connectivity index (χ1v) is 5.89. The van der Waals surface area contributed by atoms with Crippen LogP contribution in [0.5, 0.6) is 0 Å². The van der Waals surface area contributed by atoms with Crippen LogP contribution >= 0.6 is 0 Å². The van der Waals surface area contributed by atoms with Crippen LogP contribution in [0.3, 0.4) is 0 Å². The number of imidazole rings is 1. The Hall–Kier alpha value is -0.870. The predicted molar refractivity (Wildman–Crippen MR) is 67.5 cm³/mol. The van der Waals surface area contributed by atoms with Gasteiger partial charge in [0, 0.05) is 31.4 Å². The van der Waals surface area contributed by atoms with E-state index in [2.05, 4.69) is 54.6 Å². The van der Waals surface area contributed by atoms with Gasteiger partial charge in [-0.25, -0.2) is 4.98 Å². The van der Waals surface area contributed by atoms with Crippen LogP contribution in [-0.2, 0) is 6.54 Å². The normalized spacial score (nSPS) is 13.7. The molecular weight excluding hydrogens is 200 g/mol. The van der Waals surface area contributed by atoms with E-state index < -0.39 is 0 Å². The molecule has 0 aromatic carbocycles. The van der Waals surface area contributed by atoms with E-state index in [0.717, 1.165) is 13.1 Å². The Balaban J connectivity index is 2.62. The maximum Gasteiger partial charge on any atom is 0.0951 e. The van der Waals surface area contributed by atoms with Crippen LogP contribution in [0.2, 0.25) is 0 Å². The zero-order valence-corrected chi connectivity index (χ0v) is 11.1. The van der Waals surface area contributed by atoms with Crippen molar-refractivity contribution < 1.29 is 0 Å². The number of hydrogen-bond acceptors (Lipinski definition) is 3. The summed E-state index contributed by atoms with van der Waals surface area (Å²) in [4.78, 5) is 6.43. The number of likely N-dealkylation sites (N-methyl/N-ethyl adjacent to an activating group) is 1. The van der Waals surface area contributed by atoms with Crippen LogP contribution in [0.15, 0.2) is 12.5 Å². The van der Waals surface area contributed by atoms with Gasteiger partial charge in [0.1, 0.15) is 0 Å². The lowest BCUT2D eigenvalue weighted by Gasteiger charge is -2.21. The van der Waals surface area contributed by atoms with E-state index in [-0.39, 0.29) is 0 Å². The molecule has 0 fully saturated rings. The van der Waals surface area contributed by atoms with Gasteiger partial charge in [0.05, 0.1) is 12.0 Å². The van der Waals surface area contributed by atoms with Gasteiger partial charge in [-0.2, -0.15) is 0 Å². The van der Waals surface area contributed by atoms with Gasteiger partial charge >= 0.3 is 0 Å². The maximum absolute atomic E-state index is 4.23. The lowest BCUT2D eigenvalue weighted by Crippen LogP contribution is -2.27. The average molecular weight is 224 g/mol. The molecule has 0 aliphatic rings. The summed E-state index contributed by atoms with van der Waals surface area (Å²) < 4.78 is 2.25. The second-order valence-electron chi connectivity index (χ2n) is 4.94. The Morgan fingerprint density at radius 2 is 2.06 bits per heavy atom.